The van der Waals surface area contributed by atoms with E-state index in [0.717, 1.165) is 25.0 Å². The van der Waals surface area contributed by atoms with Crippen molar-refractivity contribution in [1.29, 1.82) is 0 Å². The van der Waals surface area contributed by atoms with Crippen molar-refractivity contribution in [3.8, 4) is 0 Å². The maximum Gasteiger partial charge on any atom is 0.303 e. The van der Waals surface area contributed by atoms with Gasteiger partial charge in [-0.15, -0.1) is 0 Å². The van der Waals surface area contributed by atoms with Crippen LogP contribution in [-0.2, 0) is 9.53 Å². The van der Waals surface area contributed by atoms with Crippen molar-refractivity contribution >= 4 is 17.7 Å². The predicted molar refractivity (Wildman–Crippen MR) is 87.7 cm³/mol. The van der Waals surface area contributed by atoms with Crippen LogP contribution in [0.4, 0.5) is 0 Å². The third-order valence-electron chi connectivity index (χ3n) is 4.31. The van der Waals surface area contributed by atoms with Gasteiger partial charge in [-0.1, -0.05) is 24.3 Å². The van der Waals surface area contributed by atoms with E-state index in [1.807, 2.05) is 11.8 Å². The first kappa shape index (κ1) is 16.6. The van der Waals surface area contributed by atoms with Crippen molar-refractivity contribution in [3.05, 3.63) is 24.3 Å². The van der Waals surface area contributed by atoms with Crippen LogP contribution in [0.2, 0.25) is 0 Å². The van der Waals surface area contributed by atoms with E-state index in [1.165, 1.54) is 12.8 Å². The van der Waals surface area contributed by atoms with Crippen LogP contribution in [0.15, 0.2) is 24.3 Å². The van der Waals surface area contributed by atoms with Gasteiger partial charge in [0.05, 0.1) is 12.2 Å². The Hall–Kier alpha value is -0.740. The molecule has 0 radical (unpaired) electrons. The fraction of sp³-hybridized carbons (Fsp3) is 0.706. The van der Waals surface area contributed by atoms with E-state index in [-0.39, 0.29) is 6.42 Å². The highest BCUT2D eigenvalue weighted by Crippen LogP contribution is 2.46. The highest BCUT2D eigenvalue weighted by atomic mass is 32.2. The van der Waals surface area contributed by atoms with Gasteiger partial charge in [-0.25, -0.2) is 0 Å². The second kappa shape index (κ2) is 8.64. The fourth-order valence-electron chi connectivity index (χ4n) is 3.26. The van der Waals surface area contributed by atoms with Crippen molar-refractivity contribution < 1.29 is 14.6 Å². The number of hydrogen-bond donors (Lipinski definition) is 1. The lowest BCUT2D eigenvalue weighted by atomic mass is 9.86. The summed E-state index contributed by atoms with van der Waals surface area (Å²) >= 11 is 2.03. The first-order valence-corrected chi connectivity index (χ1v) is 9.02. The second-order valence-corrected chi connectivity index (χ2v) is 7.03. The van der Waals surface area contributed by atoms with Crippen LogP contribution in [-0.4, -0.2) is 34.3 Å². The summed E-state index contributed by atoms with van der Waals surface area (Å²) in [5.74, 6) is 1.01. The number of unbranched alkanes of at least 4 members (excludes halogenated alkanes) is 1. The van der Waals surface area contributed by atoms with Crippen LogP contribution in [0.5, 0.6) is 0 Å². The number of allylic oxidation sites excluding steroid dienone is 3. The first-order valence-electron chi connectivity index (χ1n) is 7.97. The molecule has 4 atom stereocenters. The maximum absolute atomic E-state index is 10.4. The summed E-state index contributed by atoms with van der Waals surface area (Å²) in [6.45, 7) is 2.06. The highest BCUT2D eigenvalue weighted by molar-refractivity contribution is 8.00. The Balaban J connectivity index is 1.74. The minimum atomic E-state index is -0.703. The van der Waals surface area contributed by atoms with E-state index in [2.05, 4.69) is 31.2 Å². The standard InChI is InChI=1S/C17H26O3S/c1-2-3-12-21-17-13(14-10-11-15(17)20-14)8-6-4-5-7-9-16(18)19/h2-4,6,13-15,17H,5,7-12H2,1H3,(H,18,19)/t13-,14+,15-,17-/m0/s1. The van der Waals surface area contributed by atoms with E-state index in [9.17, 15) is 4.79 Å². The average molecular weight is 310 g/mol. The van der Waals surface area contributed by atoms with Gasteiger partial charge in [0.15, 0.2) is 0 Å². The minimum absolute atomic E-state index is 0.267. The van der Waals surface area contributed by atoms with E-state index in [0.29, 0.717) is 23.4 Å². The molecule has 0 unspecified atom stereocenters. The van der Waals surface area contributed by atoms with Gasteiger partial charge >= 0.3 is 5.97 Å². The second-order valence-electron chi connectivity index (χ2n) is 5.81. The molecule has 0 spiro atoms. The predicted octanol–water partition coefficient (Wildman–Crippen LogP) is 4.04. The molecule has 0 amide bonds. The number of carbonyl (C=O) groups is 1. The number of carboxylic acids is 1. The summed E-state index contributed by atoms with van der Waals surface area (Å²) < 4.78 is 6.08. The number of ether oxygens (including phenoxy) is 1. The van der Waals surface area contributed by atoms with Gasteiger partial charge < -0.3 is 9.84 Å². The fourth-order valence-corrected chi connectivity index (χ4v) is 4.73. The summed E-state index contributed by atoms with van der Waals surface area (Å²) in [5.41, 5.74) is 0. The van der Waals surface area contributed by atoms with Crippen molar-refractivity contribution in [1.82, 2.24) is 0 Å². The lowest BCUT2D eigenvalue weighted by molar-refractivity contribution is -0.137. The molecule has 0 aliphatic carbocycles. The molecule has 0 aromatic heterocycles. The summed E-state index contributed by atoms with van der Waals surface area (Å²) in [6.07, 6.45) is 15.0. The van der Waals surface area contributed by atoms with Crippen molar-refractivity contribution in [2.45, 2.75) is 62.9 Å². The molecule has 0 saturated carbocycles. The molecule has 2 fully saturated rings. The van der Waals surface area contributed by atoms with Gasteiger partial charge in [-0.3, -0.25) is 4.79 Å². The Morgan fingerprint density at radius 3 is 2.86 bits per heavy atom. The molecule has 2 aliphatic rings. The van der Waals surface area contributed by atoms with Gasteiger partial charge in [-0.2, -0.15) is 11.8 Å². The number of thioether (sulfide) groups is 1. The van der Waals surface area contributed by atoms with Crippen LogP contribution >= 0.6 is 11.8 Å². The Labute approximate surface area is 131 Å². The van der Waals surface area contributed by atoms with Crippen molar-refractivity contribution in [3.63, 3.8) is 0 Å². The zero-order valence-electron chi connectivity index (χ0n) is 12.7. The normalized spacial score (nSPS) is 31.7. The molecule has 118 valence electrons. The molecule has 2 heterocycles. The van der Waals surface area contributed by atoms with Crippen molar-refractivity contribution in [2.24, 2.45) is 5.92 Å². The molecular weight excluding hydrogens is 284 g/mol. The summed E-state index contributed by atoms with van der Waals surface area (Å²) in [6, 6.07) is 0. The SMILES string of the molecule is CC=CCS[C@H]1[C@@H](CC=CCCCC(=O)O)[C@H]2CC[C@@H]1O2. The van der Waals surface area contributed by atoms with Crippen LogP contribution in [0.25, 0.3) is 0 Å². The molecule has 4 heteroatoms. The molecule has 0 aromatic carbocycles. The van der Waals surface area contributed by atoms with Gasteiger partial charge in [0.1, 0.15) is 0 Å². The topological polar surface area (TPSA) is 46.5 Å². The zero-order valence-corrected chi connectivity index (χ0v) is 13.6. The summed E-state index contributed by atoms with van der Waals surface area (Å²) in [7, 11) is 0. The van der Waals surface area contributed by atoms with Gasteiger partial charge in [0, 0.05) is 23.3 Å². The van der Waals surface area contributed by atoms with Crippen LogP contribution in [0.1, 0.15) is 45.4 Å². The maximum atomic E-state index is 10.4. The number of rotatable bonds is 9. The van der Waals surface area contributed by atoms with Crippen LogP contribution < -0.4 is 0 Å². The average Bonchev–Trinajstić information content (AvgIpc) is 3.04. The molecule has 3 nitrogen and oxygen atoms in total. The summed E-state index contributed by atoms with van der Waals surface area (Å²) in [4.78, 5) is 10.4. The highest BCUT2D eigenvalue weighted by Gasteiger charge is 2.48. The molecule has 2 bridgehead atoms. The Kier molecular flexibility index (Phi) is 6.84. The molecule has 2 saturated heterocycles. The quantitative estimate of drug-likeness (QED) is 0.515. The Morgan fingerprint density at radius 1 is 1.29 bits per heavy atom. The van der Waals surface area contributed by atoms with Crippen molar-refractivity contribution in [2.75, 3.05) is 5.75 Å². The van der Waals surface area contributed by atoms with E-state index in [4.69, 9.17) is 9.84 Å². The van der Waals surface area contributed by atoms with Crippen LogP contribution in [0.3, 0.4) is 0 Å². The lowest BCUT2D eigenvalue weighted by Crippen LogP contribution is -2.29. The zero-order chi connectivity index (χ0) is 15.1. The number of aliphatic carboxylic acids is 1. The third kappa shape index (κ3) is 4.89. The van der Waals surface area contributed by atoms with E-state index >= 15 is 0 Å². The monoisotopic (exact) mass is 310 g/mol. The van der Waals surface area contributed by atoms with E-state index < -0.39 is 5.97 Å². The largest absolute Gasteiger partial charge is 0.481 e. The molecule has 21 heavy (non-hydrogen) atoms. The molecule has 0 aromatic rings. The van der Waals surface area contributed by atoms with Gasteiger partial charge in [0.25, 0.3) is 0 Å². The molecular formula is C17H26O3S. The number of hydrogen-bond acceptors (Lipinski definition) is 3. The summed E-state index contributed by atoms with van der Waals surface area (Å²) in [5, 5.41) is 9.23. The molecule has 1 N–H and O–H groups in total. The first-order chi connectivity index (χ1) is 10.2. The Morgan fingerprint density at radius 2 is 2.10 bits per heavy atom. The van der Waals surface area contributed by atoms with E-state index in [1.54, 1.807) is 0 Å². The number of carboxylic acid groups (broad SMARTS) is 1. The smallest absolute Gasteiger partial charge is 0.303 e. The minimum Gasteiger partial charge on any atom is -0.481 e. The van der Waals surface area contributed by atoms with Crippen LogP contribution in [0, 0.1) is 5.92 Å². The van der Waals surface area contributed by atoms with Gasteiger partial charge in [-0.05, 0) is 39.0 Å². The Bertz CT molecular complexity index is 391. The molecule has 2 rings (SSSR count). The third-order valence-corrected chi connectivity index (χ3v) is 5.73. The molecule has 2 aliphatic heterocycles. The lowest BCUT2D eigenvalue weighted by Gasteiger charge is -2.26. The number of fused-ring (bicyclic) bond motifs is 2. The van der Waals surface area contributed by atoms with Gasteiger partial charge in [0.2, 0.25) is 0 Å².